The second-order valence-electron chi connectivity index (χ2n) is 10.00. The van der Waals surface area contributed by atoms with Gasteiger partial charge < -0.3 is 20.1 Å². The molecule has 8 heteroatoms. The molecular weight excluding hydrogens is 464 g/mol. The first-order valence-corrected chi connectivity index (χ1v) is 13.0. The average molecular weight is 499 g/mol. The van der Waals surface area contributed by atoms with Crippen LogP contribution in [-0.2, 0) is 11.3 Å². The van der Waals surface area contributed by atoms with Crippen LogP contribution in [0.1, 0.15) is 24.4 Å². The van der Waals surface area contributed by atoms with Crippen molar-refractivity contribution in [2.24, 2.45) is 0 Å². The molecule has 0 radical (unpaired) electrons. The molecule has 0 amide bonds. The third kappa shape index (κ3) is 5.05. The molecule has 2 fully saturated rings. The molecule has 37 heavy (non-hydrogen) atoms. The zero-order valence-electron chi connectivity index (χ0n) is 21.5. The van der Waals surface area contributed by atoms with Crippen LogP contribution in [-0.4, -0.2) is 66.2 Å². The molecule has 8 nitrogen and oxygen atoms in total. The molecule has 2 aliphatic heterocycles. The van der Waals surface area contributed by atoms with E-state index in [0.717, 1.165) is 84.7 Å². The first kappa shape index (κ1) is 23.9. The molecule has 2 N–H and O–H groups in total. The molecule has 2 aromatic carbocycles. The number of benzene rings is 2. The average Bonchev–Trinajstić information content (AvgIpc) is 3.41. The smallest absolute Gasteiger partial charge is 0.142 e. The third-order valence-electron chi connectivity index (χ3n) is 7.55. The molecule has 0 unspecified atom stereocenters. The number of nitrogens with one attached hydrogen (secondary N) is 2. The Morgan fingerprint density at radius 3 is 2.73 bits per heavy atom. The summed E-state index contributed by atoms with van der Waals surface area (Å²) >= 11 is 0. The van der Waals surface area contributed by atoms with Crippen LogP contribution < -0.4 is 15.4 Å². The first-order valence-electron chi connectivity index (χ1n) is 13.0. The summed E-state index contributed by atoms with van der Waals surface area (Å²) in [6.07, 6.45) is 8.68. The van der Waals surface area contributed by atoms with E-state index in [0.29, 0.717) is 12.1 Å². The van der Waals surface area contributed by atoms with Crippen molar-refractivity contribution < 1.29 is 9.47 Å². The largest absolute Gasteiger partial charge is 0.495 e. The highest BCUT2D eigenvalue weighted by Gasteiger charge is 2.26. The van der Waals surface area contributed by atoms with Crippen LogP contribution in [0.4, 0.5) is 11.5 Å². The van der Waals surface area contributed by atoms with Gasteiger partial charge in [-0.3, -0.25) is 9.58 Å². The predicted octanol–water partition coefficient (Wildman–Crippen LogP) is 4.61. The summed E-state index contributed by atoms with van der Waals surface area (Å²) in [4.78, 5) is 7.06. The van der Waals surface area contributed by atoms with Crippen molar-refractivity contribution in [3.63, 3.8) is 0 Å². The minimum absolute atomic E-state index is 0.352. The monoisotopic (exact) mass is 498 g/mol. The van der Waals surface area contributed by atoms with Gasteiger partial charge in [-0.2, -0.15) is 5.10 Å². The molecule has 2 saturated heterocycles. The maximum Gasteiger partial charge on any atom is 0.142 e. The Morgan fingerprint density at radius 2 is 1.92 bits per heavy atom. The van der Waals surface area contributed by atoms with Gasteiger partial charge in [0.15, 0.2) is 0 Å². The van der Waals surface area contributed by atoms with Gasteiger partial charge in [-0.1, -0.05) is 24.3 Å². The molecule has 0 bridgehead atoms. The molecule has 2 aromatic heterocycles. The number of pyridine rings is 1. The van der Waals surface area contributed by atoms with Gasteiger partial charge in [-0.25, -0.2) is 4.98 Å². The standard InChI is InChI=1S/C29H34N6O2/c1-36-24-18-34(19-24)16-20-6-7-27(28(12-20)37-2)33-29-13-26-21(14-31-29)4-3-5-25(26)22-15-32-35(17-22)23-8-10-30-11-9-23/h3-7,12-15,17,23-24,30H,8-11,16,18-19H2,1-2H3,(H,31,33). The van der Waals surface area contributed by atoms with Gasteiger partial charge in [-0.05, 0) is 60.6 Å². The fourth-order valence-corrected chi connectivity index (χ4v) is 5.37. The number of aromatic nitrogens is 3. The lowest BCUT2D eigenvalue weighted by Crippen LogP contribution is -2.50. The number of likely N-dealkylation sites (tertiary alicyclic amines) is 1. The number of fused-ring (bicyclic) bond motifs is 1. The first-order chi connectivity index (χ1) is 18.2. The van der Waals surface area contributed by atoms with Crippen molar-refractivity contribution in [3.8, 4) is 16.9 Å². The van der Waals surface area contributed by atoms with E-state index < -0.39 is 0 Å². The van der Waals surface area contributed by atoms with Crippen molar-refractivity contribution in [3.05, 3.63) is 66.6 Å². The minimum Gasteiger partial charge on any atom is -0.495 e. The lowest BCUT2D eigenvalue weighted by Gasteiger charge is -2.38. The normalized spacial score (nSPS) is 17.1. The van der Waals surface area contributed by atoms with Gasteiger partial charge >= 0.3 is 0 Å². The maximum atomic E-state index is 5.73. The summed E-state index contributed by atoms with van der Waals surface area (Å²) in [7, 11) is 3.48. The highest BCUT2D eigenvalue weighted by atomic mass is 16.5. The van der Waals surface area contributed by atoms with E-state index in [1.807, 2.05) is 12.4 Å². The fraction of sp³-hybridized carbons (Fsp3) is 0.379. The van der Waals surface area contributed by atoms with Crippen LogP contribution in [0.15, 0.2) is 61.1 Å². The minimum atomic E-state index is 0.352. The van der Waals surface area contributed by atoms with Crippen LogP contribution in [0.2, 0.25) is 0 Å². The highest BCUT2D eigenvalue weighted by molar-refractivity contribution is 5.97. The van der Waals surface area contributed by atoms with Crippen molar-refractivity contribution >= 4 is 22.3 Å². The van der Waals surface area contributed by atoms with E-state index in [1.54, 1.807) is 14.2 Å². The van der Waals surface area contributed by atoms with E-state index in [9.17, 15) is 0 Å². The summed E-state index contributed by atoms with van der Waals surface area (Å²) in [5.41, 5.74) is 4.41. The number of ether oxygens (including phenoxy) is 2. The van der Waals surface area contributed by atoms with E-state index in [1.165, 1.54) is 5.56 Å². The lowest BCUT2D eigenvalue weighted by molar-refractivity contribution is -0.0334. The van der Waals surface area contributed by atoms with E-state index in [4.69, 9.17) is 14.6 Å². The molecule has 2 aliphatic rings. The van der Waals surface area contributed by atoms with E-state index >= 15 is 0 Å². The zero-order chi connectivity index (χ0) is 25.2. The Kier molecular flexibility index (Phi) is 6.78. The Labute approximate surface area is 217 Å². The molecule has 4 aromatic rings. The molecular formula is C29H34N6O2. The number of methoxy groups -OCH3 is 2. The number of hydrogen-bond donors (Lipinski definition) is 2. The van der Waals surface area contributed by atoms with Crippen LogP contribution in [0.3, 0.4) is 0 Å². The molecule has 0 saturated carbocycles. The van der Waals surface area contributed by atoms with Crippen LogP contribution in [0.25, 0.3) is 21.9 Å². The van der Waals surface area contributed by atoms with Gasteiger partial charge in [0, 0.05) is 50.1 Å². The lowest BCUT2D eigenvalue weighted by atomic mass is 10.0. The van der Waals surface area contributed by atoms with Crippen LogP contribution in [0, 0.1) is 0 Å². The van der Waals surface area contributed by atoms with Gasteiger partial charge in [0.1, 0.15) is 11.6 Å². The Morgan fingerprint density at radius 1 is 1.05 bits per heavy atom. The Balaban J connectivity index is 1.24. The molecule has 0 spiro atoms. The Bertz CT molecular complexity index is 1370. The Hall–Kier alpha value is -3.46. The predicted molar refractivity (Wildman–Crippen MR) is 146 cm³/mol. The molecule has 192 valence electrons. The molecule has 0 aliphatic carbocycles. The van der Waals surface area contributed by atoms with Crippen molar-refractivity contribution in [1.82, 2.24) is 25.0 Å². The zero-order valence-corrected chi connectivity index (χ0v) is 21.5. The third-order valence-corrected chi connectivity index (χ3v) is 7.55. The van der Waals surface area contributed by atoms with E-state index in [-0.39, 0.29) is 0 Å². The van der Waals surface area contributed by atoms with Crippen molar-refractivity contribution in [2.75, 3.05) is 45.7 Å². The van der Waals surface area contributed by atoms with Gasteiger partial charge in [0.25, 0.3) is 0 Å². The highest BCUT2D eigenvalue weighted by Crippen LogP contribution is 2.33. The summed E-state index contributed by atoms with van der Waals surface area (Å²) in [6.45, 7) is 4.93. The summed E-state index contributed by atoms with van der Waals surface area (Å²) in [5.74, 6) is 1.59. The van der Waals surface area contributed by atoms with Crippen LogP contribution >= 0.6 is 0 Å². The summed E-state index contributed by atoms with van der Waals surface area (Å²) < 4.78 is 13.3. The van der Waals surface area contributed by atoms with Gasteiger partial charge in [0.05, 0.1) is 31.1 Å². The summed E-state index contributed by atoms with van der Waals surface area (Å²) in [5, 5.41) is 13.9. The van der Waals surface area contributed by atoms with Crippen molar-refractivity contribution in [2.45, 2.75) is 31.5 Å². The SMILES string of the molecule is COc1cc(CN2CC(OC)C2)ccc1Nc1cc2c(-c3cnn(C4CCNCC4)c3)cccc2cn1. The van der Waals surface area contributed by atoms with E-state index in [2.05, 4.69) is 73.9 Å². The molecule has 0 atom stereocenters. The second kappa shape index (κ2) is 10.5. The van der Waals surface area contributed by atoms with Crippen molar-refractivity contribution in [1.29, 1.82) is 0 Å². The van der Waals surface area contributed by atoms with Gasteiger partial charge in [0.2, 0.25) is 0 Å². The second-order valence-corrected chi connectivity index (χ2v) is 10.00. The topological polar surface area (TPSA) is 76.5 Å². The molecule has 6 rings (SSSR count). The number of hydrogen-bond acceptors (Lipinski definition) is 7. The maximum absolute atomic E-state index is 5.73. The number of nitrogens with zero attached hydrogens (tertiary/aromatic N) is 4. The van der Waals surface area contributed by atoms with Gasteiger partial charge in [-0.15, -0.1) is 0 Å². The number of anilines is 2. The molecule has 4 heterocycles. The summed E-state index contributed by atoms with van der Waals surface area (Å²) in [6, 6.07) is 15.2. The number of rotatable bonds is 8. The van der Waals surface area contributed by atoms with Crippen LogP contribution in [0.5, 0.6) is 5.75 Å². The fourth-order valence-electron chi connectivity index (χ4n) is 5.37. The number of piperidine rings is 1. The quantitative estimate of drug-likeness (QED) is 0.368.